The molecule has 0 saturated carbocycles. The van der Waals surface area contributed by atoms with Crippen LogP contribution in [0.15, 0.2) is 24.3 Å². The Labute approximate surface area is 127 Å². The van der Waals surface area contributed by atoms with Crippen LogP contribution in [0.2, 0.25) is 0 Å². The van der Waals surface area contributed by atoms with Crippen LogP contribution in [0.25, 0.3) is 0 Å². The van der Waals surface area contributed by atoms with Crippen LogP contribution >= 0.6 is 12.4 Å². The molecule has 0 heterocycles. The molecule has 5 heteroatoms. The Kier molecular flexibility index (Phi) is 9.21. The van der Waals surface area contributed by atoms with Crippen LogP contribution < -0.4 is 10.6 Å². The minimum atomic E-state index is -0.0431. The lowest BCUT2D eigenvalue weighted by Crippen LogP contribution is -2.37. The zero-order chi connectivity index (χ0) is 14.3. The first-order valence-corrected chi connectivity index (χ1v) is 6.69. The second-order valence-corrected chi connectivity index (χ2v) is 4.96. The van der Waals surface area contributed by atoms with E-state index >= 15 is 0 Å². The molecule has 1 aromatic rings. The van der Waals surface area contributed by atoms with Gasteiger partial charge in [-0.1, -0.05) is 12.1 Å². The summed E-state index contributed by atoms with van der Waals surface area (Å²) in [7, 11) is 1.88. The van der Waals surface area contributed by atoms with Crippen molar-refractivity contribution in [2.75, 3.05) is 13.6 Å². The van der Waals surface area contributed by atoms with Crippen LogP contribution in [0.1, 0.15) is 36.7 Å². The van der Waals surface area contributed by atoms with E-state index in [9.17, 15) is 4.79 Å². The van der Waals surface area contributed by atoms with E-state index < -0.39 is 0 Å². The molecular weight excluding hydrogens is 276 g/mol. The van der Waals surface area contributed by atoms with Crippen molar-refractivity contribution in [2.24, 2.45) is 0 Å². The number of amides is 1. The minimum Gasteiger partial charge on any atom is -0.374 e. The minimum absolute atomic E-state index is 0. The van der Waals surface area contributed by atoms with Gasteiger partial charge in [0.2, 0.25) is 0 Å². The van der Waals surface area contributed by atoms with Gasteiger partial charge in [0.25, 0.3) is 5.91 Å². The Bertz CT molecular complexity index is 393. The quantitative estimate of drug-likeness (QED) is 0.813. The molecule has 0 aliphatic carbocycles. The first kappa shape index (κ1) is 18.9. The zero-order valence-corrected chi connectivity index (χ0v) is 13.4. The molecule has 0 aliphatic heterocycles. The van der Waals surface area contributed by atoms with Crippen LogP contribution in [0.4, 0.5) is 0 Å². The van der Waals surface area contributed by atoms with Crippen LogP contribution in [-0.2, 0) is 11.3 Å². The standard InChI is InChI=1S/C15H24N2O2.ClH/c1-11(2)19-10-13-5-7-14(8-6-13)15(18)17-9-12(3)16-4;/h5-8,11-12,16H,9-10H2,1-4H3,(H,17,18);1H. The van der Waals surface area contributed by atoms with E-state index in [0.29, 0.717) is 18.7 Å². The van der Waals surface area contributed by atoms with E-state index in [-0.39, 0.29) is 30.5 Å². The fourth-order valence-electron chi connectivity index (χ4n) is 1.47. The second kappa shape index (κ2) is 9.75. The van der Waals surface area contributed by atoms with Crippen LogP contribution in [-0.4, -0.2) is 31.6 Å². The zero-order valence-electron chi connectivity index (χ0n) is 12.6. The summed E-state index contributed by atoms with van der Waals surface area (Å²) in [6, 6.07) is 7.79. The van der Waals surface area contributed by atoms with Crippen molar-refractivity contribution in [1.82, 2.24) is 10.6 Å². The number of ether oxygens (including phenoxy) is 1. The normalized spacial score (nSPS) is 11.8. The Hall–Kier alpha value is -1.10. The molecule has 0 bridgehead atoms. The molecule has 0 fully saturated rings. The molecule has 114 valence electrons. The predicted octanol–water partition coefficient (Wildman–Crippen LogP) is 2.37. The Morgan fingerprint density at radius 3 is 2.30 bits per heavy atom. The van der Waals surface area contributed by atoms with E-state index in [1.54, 1.807) is 0 Å². The molecule has 1 aromatic carbocycles. The third-order valence-electron chi connectivity index (χ3n) is 2.86. The SMILES string of the molecule is CNC(C)CNC(=O)c1ccc(COC(C)C)cc1.Cl. The Balaban J connectivity index is 0.00000361. The number of likely N-dealkylation sites (N-methyl/N-ethyl adjacent to an activating group) is 1. The lowest BCUT2D eigenvalue weighted by molar-refractivity contribution is 0.0657. The van der Waals surface area contributed by atoms with E-state index in [4.69, 9.17) is 4.74 Å². The van der Waals surface area contributed by atoms with Crippen molar-refractivity contribution in [1.29, 1.82) is 0 Å². The molecular formula is C15H25ClN2O2. The Morgan fingerprint density at radius 1 is 1.20 bits per heavy atom. The summed E-state index contributed by atoms with van der Waals surface area (Å²) in [5.74, 6) is -0.0431. The first-order valence-electron chi connectivity index (χ1n) is 6.69. The van der Waals surface area contributed by atoms with E-state index in [1.165, 1.54) is 0 Å². The van der Waals surface area contributed by atoms with Gasteiger partial charge in [0, 0.05) is 18.2 Å². The molecule has 0 saturated heterocycles. The third kappa shape index (κ3) is 6.89. The lowest BCUT2D eigenvalue weighted by Gasteiger charge is -2.12. The van der Waals surface area contributed by atoms with E-state index in [1.807, 2.05) is 52.1 Å². The highest BCUT2D eigenvalue weighted by Gasteiger charge is 2.06. The number of rotatable bonds is 7. The molecule has 4 nitrogen and oxygen atoms in total. The van der Waals surface area contributed by atoms with E-state index in [2.05, 4.69) is 10.6 Å². The van der Waals surface area contributed by atoms with Crippen molar-refractivity contribution in [3.05, 3.63) is 35.4 Å². The third-order valence-corrected chi connectivity index (χ3v) is 2.86. The van der Waals surface area contributed by atoms with Crippen molar-refractivity contribution in [3.8, 4) is 0 Å². The average molecular weight is 301 g/mol. The van der Waals surface area contributed by atoms with Crippen molar-refractivity contribution >= 4 is 18.3 Å². The highest BCUT2D eigenvalue weighted by atomic mass is 35.5. The fraction of sp³-hybridized carbons (Fsp3) is 0.533. The van der Waals surface area contributed by atoms with E-state index in [0.717, 1.165) is 5.56 Å². The number of halogens is 1. The maximum atomic E-state index is 11.9. The summed E-state index contributed by atoms with van der Waals surface area (Å²) in [6.45, 7) is 7.23. The Morgan fingerprint density at radius 2 is 1.80 bits per heavy atom. The number of hydrogen-bond donors (Lipinski definition) is 2. The second-order valence-electron chi connectivity index (χ2n) is 4.96. The van der Waals surface area contributed by atoms with Gasteiger partial charge in [0.1, 0.15) is 0 Å². The summed E-state index contributed by atoms with van der Waals surface area (Å²) < 4.78 is 5.51. The molecule has 1 atom stereocenters. The van der Waals surface area contributed by atoms with Crippen molar-refractivity contribution in [2.45, 2.75) is 39.5 Å². The molecule has 0 aliphatic rings. The molecule has 1 amide bonds. The van der Waals surface area contributed by atoms with Gasteiger partial charge in [-0.05, 0) is 45.5 Å². The number of hydrogen-bond acceptors (Lipinski definition) is 3. The molecule has 0 spiro atoms. The van der Waals surface area contributed by atoms with Crippen molar-refractivity contribution < 1.29 is 9.53 Å². The molecule has 0 aromatic heterocycles. The molecule has 1 unspecified atom stereocenters. The summed E-state index contributed by atoms with van der Waals surface area (Å²) in [5.41, 5.74) is 1.76. The number of nitrogens with one attached hydrogen (secondary N) is 2. The van der Waals surface area contributed by atoms with Gasteiger partial charge < -0.3 is 15.4 Å². The monoisotopic (exact) mass is 300 g/mol. The fourth-order valence-corrected chi connectivity index (χ4v) is 1.47. The van der Waals surface area contributed by atoms with Crippen LogP contribution in [0.5, 0.6) is 0 Å². The molecule has 1 rings (SSSR count). The summed E-state index contributed by atoms with van der Waals surface area (Å²) in [4.78, 5) is 11.9. The topological polar surface area (TPSA) is 50.4 Å². The van der Waals surface area contributed by atoms with Gasteiger partial charge in [0.15, 0.2) is 0 Å². The summed E-state index contributed by atoms with van der Waals surface area (Å²) in [5, 5.41) is 5.96. The maximum absolute atomic E-state index is 11.9. The van der Waals surface area contributed by atoms with Crippen LogP contribution in [0.3, 0.4) is 0 Å². The molecule has 20 heavy (non-hydrogen) atoms. The highest BCUT2D eigenvalue weighted by molar-refractivity contribution is 5.94. The lowest BCUT2D eigenvalue weighted by atomic mass is 10.1. The number of carbonyl (C=O) groups excluding carboxylic acids is 1. The first-order chi connectivity index (χ1) is 9.02. The summed E-state index contributed by atoms with van der Waals surface area (Å²) >= 11 is 0. The molecule has 2 N–H and O–H groups in total. The predicted molar refractivity (Wildman–Crippen MR) is 84.5 cm³/mol. The van der Waals surface area contributed by atoms with Gasteiger partial charge in [-0.2, -0.15) is 0 Å². The number of carbonyl (C=O) groups is 1. The highest BCUT2D eigenvalue weighted by Crippen LogP contribution is 2.07. The van der Waals surface area contributed by atoms with Gasteiger partial charge in [-0.25, -0.2) is 0 Å². The van der Waals surface area contributed by atoms with Gasteiger partial charge in [-0.15, -0.1) is 12.4 Å². The maximum Gasteiger partial charge on any atom is 0.251 e. The summed E-state index contributed by atoms with van der Waals surface area (Å²) in [6.07, 6.45) is 0.214. The largest absolute Gasteiger partial charge is 0.374 e. The number of benzene rings is 1. The molecule has 0 radical (unpaired) electrons. The van der Waals surface area contributed by atoms with Crippen molar-refractivity contribution in [3.63, 3.8) is 0 Å². The van der Waals surface area contributed by atoms with Gasteiger partial charge in [0.05, 0.1) is 12.7 Å². The van der Waals surface area contributed by atoms with Crippen LogP contribution in [0, 0.1) is 0 Å². The smallest absolute Gasteiger partial charge is 0.251 e. The van der Waals surface area contributed by atoms with Gasteiger partial charge >= 0.3 is 0 Å². The van der Waals surface area contributed by atoms with Gasteiger partial charge in [-0.3, -0.25) is 4.79 Å². The average Bonchev–Trinajstić information content (AvgIpc) is 2.42.